The first-order valence-corrected chi connectivity index (χ1v) is 9.64. The summed E-state index contributed by atoms with van der Waals surface area (Å²) in [5.41, 5.74) is 3.66. The highest BCUT2D eigenvalue weighted by Gasteiger charge is 2.26. The second kappa shape index (κ2) is 7.72. The predicted molar refractivity (Wildman–Crippen MR) is 100 cm³/mol. The van der Waals surface area contributed by atoms with E-state index in [4.69, 9.17) is 9.97 Å². The number of hydrogen-bond donors (Lipinski definition) is 2. The van der Waals surface area contributed by atoms with Crippen molar-refractivity contribution in [1.82, 2.24) is 24.8 Å². The topological polar surface area (TPSA) is 81.2 Å². The van der Waals surface area contributed by atoms with Crippen LogP contribution in [-0.4, -0.2) is 62.7 Å². The minimum absolute atomic E-state index is 0.265. The summed E-state index contributed by atoms with van der Waals surface area (Å²) in [7, 11) is 0. The number of rotatable bonds is 4. The van der Waals surface area contributed by atoms with Gasteiger partial charge in [0.15, 0.2) is 0 Å². The van der Waals surface area contributed by atoms with E-state index in [1.165, 1.54) is 11.3 Å². The van der Waals surface area contributed by atoms with E-state index in [9.17, 15) is 5.11 Å². The van der Waals surface area contributed by atoms with Gasteiger partial charge in [0, 0.05) is 63.2 Å². The Morgan fingerprint density at radius 1 is 1.23 bits per heavy atom. The lowest BCUT2D eigenvalue weighted by Crippen LogP contribution is -2.38. The summed E-state index contributed by atoms with van der Waals surface area (Å²) in [6.07, 6.45) is 7.79. The Morgan fingerprint density at radius 2 is 2.12 bits per heavy atom. The lowest BCUT2D eigenvalue weighted by atomic mass is 9.98. The van der Waals surface area contributed by atoms with Crippen molar-refractivity contribution in [3.63, 3.8) is 0 Å². The van der Waals surface area contributed by atoms with Gasteiger partial charge in [-0.25, -0.2) is 15.0 Å². The molecule has 7 heteroatoms. The van der Waals surface area contributed by atoms with Crippen LogP contribution >= 0.6 is 0 Å². The highest BCUT2D eigenvalue weighted by Crippen LogP contribution is 2.28. The molecule has 2 aliphatic heterocycles. The van der Waals surface area contributed by atoms with Gasteiger partial charge in [0.25, 0.3) is 0 Å². The van der Waals surface area contributed by atoms with Crippen molar-refractivity contribution in [2.45, 2.75) is 39.2 Å². The molecule has 1 atom stereocenters. The van der Waals surface area contributed by atoms with Gasteiger partial charge >= 0.3 is 0 Å². The average molecular weight is 356 g/mol. The van der Waals surface area contributed by atoms with Gasteiger partial charge in [-0.2, -0.15) is 0 Å². The van der Waals surface area contributed by atoms with Gasteiger partial charge in [-0.05, 0) is 32.1 Å². The molecule has 1 fully saturated rings. The number of H-pyrrole nitrogens is 1. The first-order valence-electron chi connectivity index (χ1n) is 9.64. The van der Waals surface area contributed by atoms with Crippen LogP contribution in [0.5, 0.6) is 0 Å². The smallest absolute Gasteiger partial charge is 0.135 e. The van der Waals surface area contributed by atoms with Crippen LogP contribution in [0.4, 0.5) is 5.82 Å². The van der Waals surface area contributed by atoms with Crippen molar-refractivity contribution in [2.75, 3.05) is 37.7 Å². The average Bonchev–Trinajstić information content (AvgIpc) is 3.09. The molecule has 7 nitrogen and oxygen atoms in total. The van der Waals surface area contributed by atoms with E-state index in [1.54, 1.807) is 6.33 Å². The van der Waals surface area contributed by atoms with Gasteiger partial charge in [0.1, 0.15) is 11.6 Å². The largest absolute Gasteiger partial charge is 0.396 e. The number of hydrogen-bond acceptors (Lipinski definition) is 6. The summed E-state index contributed by atoms with van der Waals surface area (Å²) in [6, 6.07) is 0. The standard InChI is InChI=1S/C19H28N6O/c1-14-22-18-5-8-24(11-16-9-20-13-21-16)7-4-17(18)19(23-14)25-6-2-3-15(10-25)12-26/h9,13,15,26H,2-8,10-12H2,1H3,(H,20,21). The molecule has 0 saturated carbocycles. The summed E-state index contributed by atoms with van der Waals surface area (Å²) in [5, 5.41) is 9.58. The number of imidazole rings is 1. The fourth-order valence-corrected chi connectivity index (χ4v) is 4.18. The molecule has 140 valence electrons. The minimum atomic E-state index is 0.265. The Bertz CT molecular complexity index is 732. The van der Waals surface area contributed by atoms with E-state index >= 15 is 0 Å². The Balaban J connectivity index is 1.55. The normalized spacial score (nSPS) is 21.5. The maximum absolute atomic E-state index is 9.58. The third kappa shape index (κ3) is 3.73. The second-order valence-electron chi connectivity index (χ2n) is 7.51. The van der Waals surface area contributed by atoms with Crippen molar-refractivity contribution in [3.8, 4) is 0 Å². The molecular weight excluding hydrogens is 328 g/mol. The fraction of sp³-hybridized carbons (Fsp3) is 0.632. The monoisotopic (exact) mass is 356 g/mol. The predicted octanol–water partition coefficient (Wildman–Crippen LogP) is 1.32. The van der Waals surface area contributed by atoms with Gasteiger partial charge in [-0.15, -0.1) is 0 Å². The Labute approximate surface area is 154 Å². The van der Waals surface area contributed by atoms with Crippen molar-refractivity contribution in [1.29, 1.82) is 0 Å². The number of aryl methyl sites for hydroxylation is 1. The molecule has 0 spiro atoms. The quantitative estimate of drug-likeness (QED) is 0.860. The van der Waals surface area contributed by atoms with Crippen molar-refractivity contribution >= 4 is 5.82 Å². The molecule has 2 aromatic heterocycles. The van der Waals surface area contributed by atoms with Crippen LogP contribution in [0.1, 0.15) is 35.6 Å². The van der Waals surface area contributed by atoms with E-state index in [1.807, 2.05) is 13.1 Å². The lowest BCUT2D eigenvalue weighted by molar-refractivity contribution is 0.208. The first-order chi connectivity index (χ1) is 12.7. The number of aliphatic hydroxyl groups excluding tert-OH is 1. The maximum Gasteiger partial charge on any atom is 0.135 e. The molecular formula is C19H28N6O. The van der Waals surface area contributed by atoms with E-state index < -0.39 is 0 Å². The summed E-state index contributed by atoms with van der Waals surface area (Å²) in [4.78, 5) is 21.7. The number of nitrogens with zero attached hydrogens (tertiary/aromatic N) is 5. The summed E-state index contributed by atoms with van der Waals surface area (Å²) >= 11 is 0. The van der Waals surface area contributed by atoms with Crippen LogP contribution in [-0.2, 0) is 19.4 Å². The Kier molecular flexibility index (Phi) is 5.17. The van der Waals surface area contributed by atoms with Crippen LogP contribution in [0.2, 0.25) is 0 Å². The fourth-order valence-electron chi connectivity index (χ4n) is 4.18. The van der Waals surface area contributed by atoms with Gasteiger partial charge in [-0.3, -0.25) is 4.90 Å². The Hall–Kier alpha value is -1.99. The van der Waals surface area contributed by atoms with E-state index in [0.29, 0.717) is 5.92 Å². The maximum atomic E-state index is 9.58. The highest BCUT2D eigenvalue weighted by molar-refractivity contribution is 5.50. The number of aliphatic hydroxyl groups is 1. The first kappa shape index (κ1) is 17.4. The number of anilines is 1. The van der Waals surface area contributed by atoms with E-state index in [-0.39, 0.29) is 6.61 Å². The molecule has 4 heterocycles. The Morgan fingerprint density at radius 3 is 2.92 bits per heavy atom. The molecule has 1 unspecified atom stereocenters. The molecule has 2 aromatic rings. The summed E-state index contributed by atoms with van der Waals surface area (Å²) in [5.74, 6) is 2.32. The van der Waals surface area contributed by atoms with E-state index in [2.05, 4.69) is 19.8 Å². The van der Waals surface area contributed by atoms with E-state index in [0.717, 1.165) is 75.7 Å². The third-order valence-electron chi connectivity index (χ3n) is 5.55. The molecule has 0 aromatic carbocycles. The van der Waals surface area contributed by atoms with Gasteiger partial charge in [0.05, 0.1) is 12.0 Å². The number of piperidine rings is 1. The molecule has 0 amide bonds. The lowest BCUT2D eigenvalue weighted by Gasteiger charge is -2.34. The summed E-state index contributed by atoms with van der Waals surface area (Å²) < 4.78 is 0. The van der Waals surface area contributed by atoms with Crippen molar-refractivity contribution in [3.05, 3.63) is 35.3 Å². The van der Waals surface area contributed by atoms with Crippen molar-refractivity contribution in [2.24, 2.45) is 5.92 Å². The van der Waals surface area contributed by atoms with Crippen LogP contribution in [0, 0.1) is 12.8 Å². The van der Waals surface area contributed by atoms with Gasteiger partial charge in [-0.1, -0.05) is 0 Å². The van der Waals surface area contributed by atoms with Crippen LogP contribution in [0.25, 0.3) is 0 Å². The molecule has 2 N–H and O–H groups in total. The molecule has 26 heavy (non-hydrogen) atoms. The van der Waals surface area contributed by atoms with Crippen LogP contribution in [0.3, 0.4) is 0 Å². The number of aromatic nitrogens is 4. The molecule has 1 saturated heterocycles. The number of aromatic amines is 1. The molecule has 4 rings (SSSR count). The highest BCUT2D eigenvalue weighted by atomic mass is 16.3. The van der Waals surface area contributed by atoms with Crippen LogP contribution in [0.15, 0.2) is 12.5 Å². The number of fused-ring (bicyclic) bond motifs is 1. The van der Waals surface area contributed by atoms with Gasteiger partial charge < -0.3 is 15.0 Å². The molecule has 0 bridgehead atoms. The zero-order valence-corrected chi connectivity index (χ0v) is 15.5. The zero-order chi connectivity index (χ0) is 17.9. The molecule has 2 aliphatic rings. The summed E-state index contributed by atoms with van der Waals surface area (Å²) in [6.45, 7) is 7.08. The SMILES string of the molecule is Cc1nc2c(c(N3CCCC(CO)C3)n1)CCN(Cc1cnc[nH]1)CC2. The third-order valence-corrected chi connectivity index (χ3v) is 5.55. The zero-order valence-electron chi connectivity index (χ0n) is 15.5. The second-order valence-corrected chi connectivity index (χ2v) is 7.51. The molecule has 0 aliphatic carbocycles. The van der Waals surface area contributed by atoms with Crippen molar-refractivity contribution < 1.29 is 5.11 Å². The van der Waals surface area contributed by atoms with Gasteiger partial charge in [0.2, 0.25) is 0 Å². The van der Waals surface area contributed by atoms with Crippen LogP contribution < -0.4 is 4.90 Å². The minimum Gasteiger partial charge on any atom is -0.396 e. The number of nitrogens with one attached hydrogen (secondary N) is 1. The molecule has 0 radical (unpaired) electrons.